The van der Waals surface area contributed by atoms with Crippen LogP contribution in [0.2, 0.25) is 0 Å². The van der Waals surface area contributed by atoms with Gasteiger partial charge in [0.2, 0.25) is 0 Å². The van der Waals surface area contributed by atoms with Crippen LogP contribution in [0, 0.1) is 17.8 Å². The fourth-order valence-corrected chi connectivity index (χ4v) is 1.57. The molecule has 0 unspecified atom stereocenters. The lowest BCUT2D eigenvalue weighted by Crippen LogP contribution is -2.06. The van der Waals surface area contributed by atoms with Gasteiger partial charge in [-0.15, -0.1) is 0 Å². The van der Waals surface area contributed by atoms with E-state index in [1.54, 1.807) is 0 Å². The summed E-state index contributed by atoms with van der Waals surface area (Å²) in [6.07, 6.45) is 6.47. The van der Waals surface area contributed by atoms with Crippen molar-refractivity contribution in [3.63, 3.8) is 0 Å². The first-order valence-corrected chi connectivity index (χ1v) is 3.87. The predicted molar refractivity (Wildman–Crippen MR) is 35.0 cm³/mol. The molecule has 0 saturated heterocycles. The van der Waals surface area contributed by atoms with E-state index >= 15 is 0 Å². The minimum atomic E-state index is 0.463. The van der Waals surface area contributed by atoms with Crippen LogP contribution in [0.25, 0.3) is 0 Å². The third-order valence-electron chi connectivity index (χ3n) is 2.49. The quantitative estimate of drug-likeness (QED) is 0.522. The molecule has 0 atom stereocenters. The van der Waals surface area contributed by atoms with Crippen LogP contribution in [0.4, 0.5) is 0 Å². The van der Waals surface area contributed by atoms with Gasteiger partial charge in [0.25, 0.3) is 0 Å². The molecule has 9 heavy (non-hydrogen) atoms. The van der Waals surface area contributed by atoms with Crippen molar-refractivity contribution < 1.29 is 4.79 Å². The summed E-state index contributed by atoms with van der Waals surface area (Å²) in [5.41, 5.74) is 0. The second-order valence-corrected chi connectivity index (χ2v) is 3.39. The molecule has 1 nitrogen and oxygen atoms in total. The van der Waals surface area contributed by atoms with Crippen molar-refractivity contribution in [3.05, 3.63) is 0 Å². The fraction of sp³-hybridized carbons (Fsp3) is 0.875. The topological polar surface area (TPSA) is 17.1 Å². The average molecular weight is 124 g/mol. The van der Waals surface area contributed by atoms with Crippen LogP contribution in [0.5, 0.6) is 0 Å². The molecule has 50 valence electrons. The number of carbonyl (C=O) groups is 1. The number of hydrogen-bond acceptors (Lipinski definition) is 1. The van der Waals surface area contributed by atoms with Gasteiger partial charge in [-0.25, -0.2) is 0 Å². The van der Waals surface area contributed by atoms with Crippen molar-refractivity contribution in [2.45, 2.75) is 25.7 Å². The maximum Gasteiger partial charge on any atom is 0.123 e. The largest absolute Gasteiger partial charge is 0.303 e. The molecular weight excluding hydrogens is 112 g/mol. The Bertz CT molecular complexity index is 111. The molecule has 0 amide bonds. The zero-order chi connectivity index (χ0) is 6.27. The highest BCUT2D eigenvalue weighted by molar-refractivity contribution is 5.56. The lowest BCUT2D eigenvalue weighted by Gasteiger charge is -2.03. The Hall–Kier alpha value is -0.330. The van der Waals surface area contributed by atoms with Crippen molar-refractivity contribution in [3.8, 4) is 0 Å². The average Bonchev–Trinajstić information content (AvgIpc) is 2.61. The van der Waals surface area contributed by atoms with Crippen molar-refractivity contribution in [2.24, 2.45) is 17.8 Å². The third-order valence-corrected chi connectivity index (χ3v) is 2.49. The van der Waals surface area contributed by atoms with E-state index < -0.39 is 0 Å². The maximum atomic E-state index is 10.5. The van der Waals surface area contributed by atoms with Gasteiger partial charge in [0, 0.05) is 5.92 Å². The molecule has 0 aromatic carbocycles. The smallest absolute Gasteiger partial charge is 0.123 e. The molecule has 2 aliphatic rings. The highest BCUT2D eigenvalue weighted by Gasteiger charge is 2.40. The second-order valence-electron chi connectivity index (χ2n) is 3.39. The van der Waals surface area contributed by atoms with Crippen LogP contribution >= 0.6 is 0 Å². The van der Waals surface area contributed by atoms with Gasteiger partial charge in [0.15, 0.2) is 0 Å². The van der Waals surface area contributed by atoms with Gasteiger partial charge < -0.3 is 4.79 Å². The van der Waals surface area contributed by atoms with Crippen molar-refractivity contribution in [1.82, 2.24) is 0 Å². The summed E-state index contributed by atoms with van der Waals surface area (Å²) in [7, 11) is 0. The molecule has 2 fully saturated rings. The van der Waals surface area contributed by atoms with Crippen LogP contribution in [0.3, 0.4) is 0 Å². The minimum absolute atomic E-state index is 0.463. The summed E-state index contributed by atoms with van der Waals surface area (Å²) in [5.74, 6) is 2.06. The highest BCUT2D eigenvalue weighted by atomic mass is 16.1. The Kier molecular flexibility index (Phi) is 1.11. The van der Waals surface area contributed by atoms with Crippen molar-refractivity contribution in [1.29, 1.82) is 0 Å². The zero-order valence-corrected chi connectivity index (χ0v) is 5.55. The van der Waals surface area contributed by atoms with Crippen molar-refractivity contribution >= 4 is 6.29 Å². The standard InChI is InChI=1S/C8H12O/c9-5-8(6-1-2-6)7-3-4-7/h5-8H,1-4H2. The first kappa shape index (κ1) is 5.45. The lowest BCUT2D eigenvalue weighted by molar-refractivity contribution is -0.112. The molecular formula is C8H12O. The van der Waals surface area contributed by atoms with E-state index in [0.717, 1.165) is 11.8 Å². The lowest BCUT2D eigenvalue weighted by atomic mass is 10.0. The number of carbonyl (C=O) groups excluding carboxylic acids is 1. The summed E-state index contributed by atoms with van der Waals surface area (Å²) in [6, 6.07) is 0. The van der Waals surface area contributed by atoms with E-state index in [-0.39, 0.29) is 0 Å². The van der Waals surface area contributed by atoms with E-state index in [0.29, 0.717) is 5.92 Å². The molecule has 2 rings (SSSR count). The maximum absolute atomic E-state index is 10.5. The van der Waals surface area contributed by atoms with E-state index in [4.69, 9.17) is 0 Å². The van der Waals surface area contributed by atoms with Gasteiger partial charge in [-0.3, -0.25) is 0 Å². The van der Waals surface area contributed by atoms with Gasteiger partial charge >= 0.3 is 0 Å². The molecule has 2 aliphatic carbocycles. The molecule has 0 bridgehead atoms. The highest BCUT2D eigenvalue weighted by Crippen LogP contribution is 2.47. The van der Waals surface area contributed by atoms with E-state index in [1.807, 2.05) is 0 Å². The molecule has 0 aromatic rings. The van der Waals surface area contributed by atoms with Crippen LogP contribution in [-0.4, -0.2) is 6.29 Å². The van der Waals surface area contributed by atoms with Gasteiger partial charge in [-0.05, 0) is 37.5 Å². The number of rotatable bonds is 3. The molecule has 1 heteroatoms. The van der Waals surface area contributed by atoms with Crippen LogP contribution in [0.1, 0.15) is 25.7 Å². The summed E-state index contributed by atoms with van der Waals surface area (Å²) in [5, 5.41) is 0. The van der Waals surface area contributed by atoms with Crippen LogP contribution in [-0.2, 0) is 4.79 Å². The molecule has 0 aromatic heterocycles. The predicted octanol–water partition coefficient (Wildman–Crippen LogP) is 1.62. The van der Waals surface area contributed by atoms with Gasteiger partial charge in [-0.1, -0.05) is 0 Å². The van der Waals surface area contributed by atoms with Crippen molar-refractivity contribution in [2.75, 3.05) is 0 Å². The van der Waals surface area contributed by atoms with Gasteiger partial charge in [0.05, 0.1) is 0 Å². The Morgan fingerprint density at radius 3 is 1.78 bits per heavy atom. The van der Waals surface area contributed by atoms with Gasteiger partial charge in [-0.2, -0.15) is 0 Å². The molecule has 2 saturated carbocycles. The van der Waals surface area contributed by atoms with E-state index in [1.165, 1.54) is 32.0 Å². The minimum Gasteiger partial charge on any atom is -0.303 e. The fourth-order valence-electron chi connectivity index (χ4n) is 1.57. The summed E-state index contributed by atoms with van der Waals surface area (Å²) < 4.78 is 0. The summed E-state index contributed by atoms with van der Waals surface area (Å²) >= 11 is 0. The Balaban J connectivity index is 1.92. The Labute approximate surface area is 55.4 Å². The normalized spacial score (nSPS) is 26.8. The first-order chi connectivity index (χ1) is 4.42. The third kappa shape index (κ3) is 1.00. The molecule has 0 N–H and O–H groups in total. The molecule has 0 heterocycles. The number of hydrogen-bond donors (Lipinski definition) is 0. The monoisotopic (exact) mass is 124 g/mol. The summed E-state index contributed by atoms with van der Waals surface area (Å²) in [4.78, 5) is 10.5. The number of aldehydes is 1. The Morgan fingerprint density at radius 2 is 1.56 bits per heavy atom. The first-order valence-electron chi connectivity index (χ1n) is 3.87. The molecule has 0 radical (unpaired) electrons. The van der Waals surface area contributed by atoms with E-state index in [9.17, 15) is 4.79 Å². The SMILES string of the molecule is O=CC(C1CC1)C1CC1. The molecule has 0 spiro atoms. The zero-order valence-electron chi connectivity index (χ0n) is 5.55. The van der Waals surface area contributed by atoms with E-state index in [2.05, 4.69) is 0 Å². The second kappa shape index (κ2) is 1.83. The Morgan fingerprint density at radius 1 is 1.11 bits per heavy atom. The van der Waals surface area contributed by atoms with Gasteiger partial charge in [0.1, 0.15) is 6.29 Å². The van der Waals surface area contributed by atoms with Crippen LogP contribution < -0.4 is 0 Å². The van der Waals surface area contributed by atoms with Crippen LogP contribution in [0.15, 0.2) is 0 Å². The molecule has 0 aliphatic heterocycles. The summed E-state index contributed by atoms with van der Waals surface area (Å²) in [6.45, 7) is 0.